The van der Waals surface area contributed by atoms with Gasteiger partial charge in [0, 0.05) is 11.8 Å². The highest BCUT2D eigenvalue weighted by Gasteiger charge is 2.36. The number of fused-ring (bicyclic) bond motifs is 1. The van der Waals surface area contributed by atoms with Crippen LogP contribution in [0.25, 0.3) is 5.65 Å². The first-order chi connectivity index (χ1) is 13.5. The second-order valence-corrected chi connectivity index (χ2v) is 6.03. The maximum atomic E-state index is 13.3. The molecule has 3 rings (SSSR count). The van der Waals surface area contributed by atoms with E-state index in [0.717, 1.165) is 12.1 Å². The molecule has 0 aliphatic heterocycles. The number of benzene rings is 1. The van der Waals surface area contributed by atoms with Gasteiger partial charge in [0.2, 0.25) is 0 Å². The van der Waals surface area contributed by atoms with Gasteiger partial charge in [-0.2, -0.15) is 27.1 Å². The van der Waals surface area contributed by atoms with Gasteiger partial charge in [-0.05, 0) is 25.1 Å². The van der Waals surface area contributed by atoms with Gasteiger partial charge in [0.25, 0.3) is 5.91 Å². The molecule has 0 bridgehead atoms. The van der Waals surface area contributed by atoms with Gasteiger partial charge in [0.05, 0.1) is 5.69 Å². The Morgan fingerprint density at radius 1 is 1.28 bits per heavy atom. The number of anilines is 1. The molecule has 0 saturated carbocycles. The molecule has 1 aromatic carbocycles. The molecule has 1 amide bonds. The monoisotopic (exact) mass is 438 g/mol. The van der Waals surface area contributed by atoms with Crippen molar-refractivity contribution in [2.24, 2.45) is 0 Å². The van der Waals surface area contributed by atoms with E-state index < -0.39 is 52.3 Å². The predicted octanol–water partition coefficient (Wildman–Crippen LogP) is 4.70. The Morgan fingerprint density at radius 2 is 1.97 bits per heavy atom. The molecule has 0 aliphatic carbocycles. The fraction of sp³-hybridized carbons (Fsp3) is 0.188. The molecular weight excluding hydrogens is 430 g/mol. The fourth-order valence-electron chi connectivity index (χ4n) is 2.43. The van der Waals surface area contributed by atoms with E-state index in [1.165, 1.54) is 6.92 Å². The van der Waals surface area contributed by atoms with Gasteiger partial charge in [-0.1, -0.05) is 11.6 Å². The Kier molecular flexibility index (Phi) is 5.30. The van der Waals surface area contributed by atoms with Crippen LogP contribution in [0.15, 0.2) is 24.3 Å². The number of hydrogen-bond donors (Lipinski definition) is 1. The highest BCUT2D eigenvalue weighted by atomic mass is 35.5. The molecular formula is C16H9ClF6N4O2. The van der Waals surface area contributed by atoms with Gasteiger partial charge in [-0.15, -0.1) is 0 Å². The summed E-state index contributed by atoms with van der Waals surface area (Å²) in [5.74, 6) is -2.76. The summed E-state index contributed by atoms with van der Waals surface area (Å²) in [5.41, 5.74) is -2.69. The van der Waals surface area contributed by atoms with Gasteiger partial charge >= 0.3 is 12.8 Å². The van der Waals surface area contributed by atoms with Crippen molar-refractivity contribution in [3.05, 3.63) is 52.2 Å². The maximum absolute atomic E-state index is 13.3. The number of hydrogen-bond acceptors (Lipinski definition) is 4. The number of nitrogens with one attached hydrogen (secondary N) is 1. The number of carbonyl (C=O) groups is 1. The van der Waals surface area contributed by atoms with Gasteiger partial charge in [-0.3, -0.25) is 4.79 Å². The van der Waals surface area contributed by atoms with E-state index in [4.69, 9.17) is 11.6 Å². The SMILES string of the molecule is Cc1cc(C(F)(F)F)n2nc(C(=O)Nc3ccc(F)cc3OC(F)F)c(Cl)c2n1. The summed E-state index contributed by atoms with van der Waals surface area (Å²) in [6.45, 7) is -2.02. The van der Waals surface area contributed by atoms with Gasteiger partial charge in [-0.25, -0.2) is 13.9 Å². The zero-order valence-corrected chi connectivity index (χ0v) is 14.9. The zero-order chi connectivity index (χ0) is 21.5. The number of alkyl halides is 5. The lowest BCUT2D eigenvalue weighted by molar-refractivity contribution is -0.142. The smallest absolute Gasteiger partial charge is 0.432 e. The first-order valence-corrected chi connectivity index (χ1v) is 8.04. The molecule has 13 heteroatoms. The molecule has 0 radical (unpaired) electrons. The van der Waals surface area contributed by atoms with Crippen molar-refractivity contribution in [1.29, 1.82) is 0 Å². The summed E-state index contributed by atoms with van der Waals surface area (Å²) < 4.78 is 82.4. The molecule has 3 aromatic rings. The number of carbonyl (C=O) groups excluding carboxylic acids is 1. The Balaban J connectivity index is 2.04. The van der Waals surface area contributed by atoms with Crippen LogP contribution in [-0.2, 0) is 6.18 Å². The molecule has 2 aromatic heterocycles. The van der Waals surface area contributed by atoms with Crippen LogP contribution in [-0.4, -0.2) is 27.1 Å². The summed E-state index contributed by atoms with van der Waals surface area (Å²) in [6, 6.07) is 3.09. The van der Waals surface area contributed by atoms with E-state index in [1.807, 2.05) is 0 Å². The van der Waals surface area contributed by atoms with E-state index >= 15 is 0 Å². The lowest BCUT2D eigenvalue weighted by Crippen LogP contribution is -2.16. The van der Waals surface area contributed by atoms with Crippen molar-refractivity contribution < 1.29 is 35.9 Å². The third kappa shape index (κ3) is 4.21. The third-order valence-electron chi connectivity index (χ3n) is 3.57. The molecule has 0 spiro atoms. The first-order valence-electron chi connectivity index (χ1n) is 7.66. The van der Waals surface area contributed by atoms with E-state index in [2.05, 4.69) is 20.1 Å². The Labute approximate surface area is 163 Å². The maximum Gasteiger partial charge on any atom is 0.433 e. The van der Waals surface area contributed by atoms with Crippen LogP contribution in [0.1, 0.15) is 21.9 Å². The fourth-order valence-corrected chi connectivity index (χ4v) is 2.68. The van der Waals surface area contributed by atoms with Crippen LogP contribution in [0.5, 0.6) is 5.75 Å². The summed E-state index contributed by atoms with van der Waals surface area (Å²) in [6.07, 6.45) is -4.82. The second-order valence-electron chi connectivity index (χ2n) is 5.65. The molecule has 0 fully saturated rings. The van der Waals surface area contributed by atoms with E-state index in [0.29, 0.717) is 16.6 Å². The summed E-state index contributed by atoms with van der Waals surface area (Å²) in [5, 5.41) is 5.16. The molecule has 154 valence electrons. The van der Waals surface area contributed by atoms with E-state index in [1.54, 1.807) is 0 Å². The number of rotatable bonds is 4. The zero-order valence-electron chi connectivity index (χ0n) is 14.2. The van der Waals surface area contributed by atoms with Gasteiger partial charge in [0.1, 0.15) is 16.5 Å². The highest BCUT2D eigenvalue weighted by molar-refractivity contribution is 6.37. The molecule has 29 heavy (non-hydrogen) atoms. The first kappa shape index (κ1) is 20.7. The quantitative estimate of drug-likeness (QED) is 0.599. The largest absolute Gasteiger partial charge is 0.433 e. The highest BCUT2D eigenvalue weighted by Crippen LogP contribution is 2.33. The lowest BCUT2D eigenvalue weighted by Gasteiger charge is -2.11. The van der Waals surface area contributed by atoms with E-state index in [9.17, 15) is 31.1 Å². The minimum atomic E-state index is -4.82. The minimum Gasteiger partial charge on any atom is -0.432 e. The van der Waals surface area contributed by atoms with Crippen molar-refractivity contribution in [3.8, 4) is 5.75 Å². The van der Waals surface area contributed by atoms with Crippen molar-refractivity contribution in [1.82, 2.24) is 14.6 Å². The summed E-state index contributed by atoms with van der Waals surface area (Å²) in [7, 11) is 0. The van der Waals surface area contributed by atoms with Gasteiger partial charge < -0.3 is 10.1 Å². The van der Waals surface area contributed by atoms with Crippen LogP contribution >= 0.6 is 11.6 Å². The standard InChI is InChI=1S/C16H9ClF6N4O2/c1-6-4-10(16(21,22)23)27-13(24-6)11(17)12(26-27)14(28)25-8-3-2-7(18)5-9(8)29-15(19)20/h2-5,15H,1H3,(H,25,28). The molecule has 2 heterocycles. The lowest BCUT2D eigenvalue weighted by atomic mass is 10.2. The van der Waals surface area contributed by atoms with Crippen LogP contribution in [0.3, 0.4) is 0 Å². The minimum absolute atomic E-state index is 0.0234. The molecule has 1 N–H and O–H groups in total. The number of nitrogens with zero attached hydrogens (tertiary/aromatic N) is 3. The summed E-state index contributed by atoms with van der Waals surface area (Å²) >= 11 is 5.98. The van der Waals surface area contributed by atoms with Crippen LogP contribution in [0.4, 0.5) is 32.0 Å². The number of aryl methyl sites for hydroxylation is 1. The Morgan fingerprint density at radius 3 is 2.59 bits per heavy atom. The second kappa shape index (κ2) is 7.43. The molecule has 6 nitrogen and oxygen atoms in total. The van der Waals surface area contributed by atoms with Crippen LogP contribution in [0, 0.1) is 12.7 Å². The average molecular weight is 439 g/mol. The number of aromatic nitrogens is 3. The van der Waals surface area contributed by atoms with Crippen molar-refractivity contribution in [3.63, 3.8) is 0 Å². The normalized spacial score (nSPS) is 11.9. The Bertz CT molecular complexity index is 1100. The number of halogens is 7. The van der Waals surface area contributed by atoms with Crippen molar-refractivity contribution in [2.75, 3.05) is 5.32 Å². The number of amides is 1. The third-order valence-corrected chi connectivity index (χ3v) is 3.92. The van der Waals surface area contributed by atoms with Crippen molar-refractivity contribution >= 4 is 28.8 Å². The van der Waals surface area contributed by atoms with Crippen LogP contribution < -0.4 is 10.1 Å². The topological polar surface area (TPSA) is 68.5 Å². The van der Waals surface area contributed by atoms with Crippen molar-refractivity contribution in [2.45, 2.75) is 19.7 Å². The van der Waals surface area contributed by atoms with Gasteiger partial charge in [0.15, 0.2) is 17.1 Å². The number of ether oxygens (including phenoxy) is 1. The van der Waals surface area contributed by atoms with Crippen LogP contribution in [0.2, 0.25) is 5.02 Å². The summed E-state index contributed by atoms with van der Waals surface area (Å²) in [4.78, 5) is 16.3. The molecule has 0 saturated heterocycles. The molecule has 0 aliphatic rings. The average Bonchev–Trinajstić information content (AvgIpc) is 2.92. The van der Waals surface area contributed by atoms with E-state index in [-0.39, 0.29) is 11.4 Å². The predicted molar refractivity (Wildman–Crippen MR) is 88.7 cm³/mol. The molecule has 0 atom stereocenters. The Hall–Kier alpha value is -3.02. The molecule has 0 unspecified atom stereocenters.